The molecule has 0 aromatic heterocycles. The second-order valence-electron chi connectivity index (χ2n) is 8.83. The van der Waals surface area contributed by atoms with Gasteiger partial charge in [-0.05, 0) is 35.2 Å². The van der Waals surface area contributed by atoms with E-state index in [0.717, 1.165) is 5.56 Å². The van der Waals surface area contributed by atoms with E-state index in [1.54, 1.807) is 18.2 Å². The molecule has 184 valence electrons. The quantitative estimate of drug-likeness (QED) is 0.356. The largest absolute Gasteiger partial charge is 0.354 e. The van der Waals surface area contributed by atoms with Crippen molar-refractivity contribution in [1.82, 2.24) is 10.2 Å². The zero-order valence-corrected chi connectivity index (χ0v) is 21.3. The molecular formula is C28H29Cl2FN2O2. The topological polar surface area (TPSA) is 49.4 Å². The molecule has 2 amide bonds. The molecule has 3 aromatic carbocycles. The summed E-state index contributed by atoms with van der Waals surface area (Å²) in [5.74, 6) is -1.02. The van der Waals surface area contributed by atoms with Crippen LogP contribution in [0, 0.1) is 11.7 Å². The first-order chi connectivity index (χ1) is 16.8. The molecule has 35 heavy (non-hydrogen) atoms. The van der Waals surface area contributed by atoms with Gasteiger partial charge in [-0.2, -0.15) is 0 Å². The number of rotatable bonds is 10. The van der Waals surface area contributed by atoms with Crippen molar-refractivity contribution in [3.63, 3.8) is 0 Å². The number of nitrogens with zero attached hydrogens (tertiary/aromatic N) is 1. The summed E-state index contributed by atoms with van der Waals surface area (Å²) in [5, 5.41) is 3.61. The molecular weight excluding hydrogens is 486 g/mol. The molecule has 3 rings (SSSR count). The van der Waals surface area contributed by atoms with Gasteiger partial charge in [0.2, 0.25) is 11.8 Å². The summed E-state index contributed by atoms with van der Waals surface area (Å²) in [7, 11) is 0. The van der Waals surface area contributed by atoms with Crippen LogP contribution in [-0.2, 0) is 29.0 Å². The van der Waals surface area contributed by atoms with Crippen LogP contribution in [0.25, 0.3) is 0 Å². The fourth-order valence-electron chi connectivity index (χ4n) is 3.74. The van der Waals surface area contributed by atoms with Crippen LogP contribution >= 0.6 is 23.2 Å². The molecule has 0 heterocycles. The van der Waals surface area contributed by atoms with Crippen LogP contribution < -0.4 is 5.32 Å². The van der Waals surface area contributed by atoms with Crippen molar-refractivity contribution in [1.29, 1.82) is 0 Å². The van der Waals surface area contributed by atoms with Gasteiger partial charge in [0.05, 0.1) is 6.42 Å². The average molecular weight is 515 g/mol. The number of nitrogens with one attached hydrogen (secondary N) is 1. The SMILES string of the molecule is CC(C)CNC(=O)[C@H](Cc1ccccc1)N(Cc1ccccc1Cl)C(=O)Cc1c(F)cccc1Cl. The summed E-state index contributed by atoms with van der Waals surface area (Å²) in [6.07, 6.45) is 0.0185. The maximum absolute atomic E-state index is 14.5. The van der Waals surface area contributed by atoms with Crippen LogP contribution in [-0.4, -0.2) is 29.3 Å². The molecule has 0 aliphatic carbocycles. The van der Waals surface area contributed by atoms with Crippen molar-refractivity contribution < 1.29 is 14.0 Å². The smallest absolute Gasteiger partial charge is 0.243 e. The van der Waals surface area contributed by atoms with E-state index in [2.05, 4.69) is 5.32 Å². The predicted molar refractivity (Wildman–Crippen MR) is 139 cm³/mol. The fourth-order valence-corrected chi connectivity index (χ4v) is 4.17. The molecule has 1 N–H and O–H groups in total. The normalized spacial score (nSPS) is 11.8. The molecule has 0 fully saturated rings. The molecule has 7 heteroatoms. The molecule has 0 radical (unpaired) electrons. The number of hydrogen-bond acceptors (Lipinski definition) is 2. The Morgan fingerprint density at radius 1 is 0.914 bits per heavy atom. The lowest BCUT2D eigenvalue weighted by molar-refractivity contribution is -0.140. The second-order valence-corrected chi connectivity index (χ2v) is 9.65. The average Bonchev–Trinajstić information content (AvgIpc) is 2.83. The number of carbonyl (C=O) groups excluding carboxylic acids is 2. The lowest BCUT2D eigenvalue weighted by atomic mass is 10.0. The van der Waals surface area contributed by atoms with Crippen molar-refractivity contribution >= 4 is 35.0 Å². The molecule has 0 bridgehead atoms. The van der Waals surface area contributed by atoms with Gasteiger partial charge in [0.1, 0.15) is 11.9 Å². The summed E-state index contributed by atoms with van der Waals surface area (Å²) in [6.45, 7) is 4.56. The van der Waals surface area contributed by atoms with E-state index in [9.17, 15) is 14.0 Å². The van der Waals surface area contributed by atoms with E-state index < -0.39 is 17.8 Å². The molecule has 0 aliphatic rings. The highest BCUT2D eigenvalue weighted by Gasteiger charge is 2.31. The second kappa shape index (κ2) is 12.7. The summed E-state index contributed by atoms with van der Waals surface area (Å²) in [5.41, 5.74) is 1.69. The highest BCUT2D eigenvalue weighted by atomic mass is 35.5. The first-order valence-corrected chi connectivity index (χ1v) is 12.3. The van der Waals surface area contributed by atoms with Crippen LogP contribution in [0.3, 0.4) is 0 Å². The van der Waals surface area contributed by atoms with Gasteiger partial charge in [0, 0.05) is 35.1 Å². The minimum atomic E-state index is -0.828. The predicted octanol–water partition coefficient (Wildman–Crippen LogP) is 6.09. The summed E-state index contributed by atoms with van der Waals surface area (Å²) in [6, 6.07) is 20.1. The first kappa shape index (κ1) is 26.7. The Labute approximate surface area is 216 Å². The molecule has 0 spiro atoms. The molecule has 1 atom stereocenters. The Hall–Kier alpha value is -2.89. The molecule has 0 unspecified atom stereocenters. The standard InChI is InChI=1S/C28H29Cl2FN2O2/c1-19(2)17-32-28(35)26(15-20-9-4-3-5-10-20)33(18-21-11-6-7-12-23(21)29)27(34)16-22-24(30)13-8-14-25(22)31/h3-14,19,26H,15-18H2,1-2H3,(H,32,35)/t26-/m0/s1. The van der Waals surface area contributed by atoms with Gasteiger partial charge in [-0.25, -0.2) is 4.39 Å². The first-order valence-electron chi connectivity index (χ1n) is 11.5. The Balaban J connectivity index is 2.01. The fraction of sp³-hybridized carbons (Fsp3) is 0.286. The summed E-state index contributed by atoms with van der Waals surface area (Å²) in [4.78, 5) is 28.6. The van der Waals surface area contributed by atoms with Gasteiger partial charge in [-0.15, -0.1) is 0 Å². The van der Waals surface area contributed by atoms with Gasteiger partial charge in [0.15, 0.2) is 0 Å². The third-order valence-electron chi connectivity index (χ3n) is 5.64. The molecule has 0 aliphatic heterocycles. The van der Waals surface area contributed by atoms with Gasteiger partial charge < -0.3 is 10.2 Å². The van der Waals surface area contributed by atoms with Crippen LogP contribution in [0.15, 0.2) is 72.8 Å². The third kappa shape index (κ3) is 7.55. The third-order valence-corrected chi connectivity index (χ3v) is 6.37. The Bertz CT molecular complexity index is 1130. The number of halogens is 3. The van der Waals surface area contributed by atoms with Gasteiger partial charge in [-0.3, -0.25) is 9.59 Å². The number of carbonyl (C=O) groups is 2. The highest BCUT2D eigenvalue weighted by molar-refractivity contribution is 6.31. The van der Waals surface area contributed by atoms with Crippen molar-refractivity contribution in [3.8, 4) is 0 Å². The molecule has 3 aromatic rings. The maximum Gasteiger partial charge on any atom is 0.243 e. The number of benzene rings is 3. The van der Waals surface area contributed by atoms with E-state index in [0.29, 0.717) is 23.6 Å². The zero-order valence-electron chi connectivity index (χ0n) is 19.8. The zero-order chi connectivity index (χ0) is 25.4. The van der Waals surface area contributed by atoms with E-state index >= 15 is 0 Å². The summed E-state index contributed by atoms with van der Waals surface area (Å²) < 4.78 is 14.5. The molecule has 4 nitrogen and oxygen atoms in total. The van der Waals surface area contributed by atoms with Gasteiger partial charge >= 0.3 is 0 Å². The van der Waals surface area contributed by atoms with Crippen molar-refractivity contribution in [2.75, 3.05) is 6.54 Å². The van der Waals surface area contributed by atoms with E-state index in [1.807, 2.05) is 56.3 Å². The Morgan fingerprint density at radius 3 is 2.23 bits per heavy atom. The van der Waals surface area contributed by atoms with Crippen LogP contribution in [0.5, 0.6) is 0 Å². The summed E-state index contributed by atoms with van der Waals surface area (Å²) >= 11 is 12.6. The van der Waals surface area contributed by atoms with Crippen molar-refractivity contribution in [3.05, 3.63) is 105 Å². The van der Waals surface area contributed by atoms with E-state index in [4.69, 9.17) is 23.2 Å². The van der Waals surface area contributed by atoms with Gasteiger partial charge in [-0.1, -0.05) is 91.6 Å². The van der Waals surface area contributed by atoms with Crippen molar-refractivity contribution in [2.24, 2.45) is 5.92 Å². The van der Waals surface area contributed by atoms with Crippen LogP contribution in [0.1, 0.15) is 30.5 Å². The number of amides is 2. The maximum atomic E-state index is 14.5. The molecule has 0 saturated carbocycles. The number of hydrogen-bond donors (Lipinski definition) is 1. The van der Waals surface area contributed by atoms with Crippen molar-refractivity contribution in [2.45, 2.75) is 39.3 Å². The van der Waals surface area contributed by atoms with Gasteiger partial charge in [0.25, 0.3) is 0 Å². The minimum absolute atomic E-state index is 0.0944. The Kier molecular flexibility index (Phi) is 9.70. The molecule has 0 saturated heterocycles. The Morgan fingerprint density at radius 2 is 1.57 bits per heavy atom. The monoisotopic (exact) mass is 514 g/mol. The van der Waals surface area contributed by atoms with Crippen LogP contribution in [0.2, 0.25) is 10.0 Å². The van der Waals surface area contributed by atoms with Crippen LogP contribution in [0.4, 0.5) is 4.39 Å². The highest BCUT2D eigenvalue weighted by Crippen LogP contribution is 2.24. The lowest BCUT2D eigenvalue weighted by Gasteiger charge is -2.32. The van der Waals surface area contributed by atoms with E-state index in [-0.39, 0.29) is 35.4 Å². The van der Waals surface area contributed by atoms with E-state index in [1.165, 1.54) is 17.0 Å². The lowest BCUT2D eigenvalue weighted by Crippen LogP contribution is -2.51. The minimum Gasteiger partial charge on any atom is -0.354 e.